The van der Waals surface area contributed by atoms with Crippen molar-refractivity contribution in [1.29, 1.82) is 5.26 Å². The molecular weight excluding hydrogens is 281 g/mol. The molecule has 0 bridgehead atoms. The lowest BCUT2D eigenvalue weighted by Gasteiger charge is -2.09. The number of rotatable bonds is 1. The van der Waals surface area contributed by atoms with Crippen LogP contribution < -0.4 is 5.32 Å². The molecule has 0 fully saturated rings. The largest absolute Gasteiger partial charge is 0.312 e. The maximum atomic E-state index is 10.9. The Balaban J connectivity index is 4.58. The molecule has 3 nitrogen and oxygen atoms in total. The summed E-state index contributed by atoms with van der Waals surface area (Å²) >= 11 is 26.0. The van der Waals surface area contributed by atoms with E-state index in [0.29, 0.717) is 0 Å². The maximum absolute atomic E-state index is 10.9. The molecule has 8 heteroatoms. The van der Waals surface area contributed by atoms with Crippen molar-refractivity contribution >= 4 is 63.9 Å². The summed E-state index contributed by atoms with van der Waals surface area (Å²) in [5.74, 6) is -1.01. The van der Waals surface area contributed by atoms with Gasteiger partial charge in [0.2, 0.25) is 0 Å². The molecule has 0 aromatic heterocycles. The first-order chi connectivity index (χ1) is 5.79. The van der Waals surface area contributed by atoms with Gasteiger partial charge in [0.25, 0.3) is 9.70 Å². The van der Waals surface area contributed by atoms with Gasteiger partial charge in [0.1, 0.15) is 10.6 Å². The van der Waals surface area contributed by atoms with E-state index in [1.807, 2.05) is 5.32 Å². The van der Waals surface area contributed by atoms with Crippen LogP contribution in [0.15, 0.2) is 10.2 Å². The van der Waals surface area contributed by atoms with Crippen molar-refractivity contribution in [2.45, 2.75) is 3.79 Å². The van der Waals surface area contributed by atoms with Crippen LogP contribution in [0.1, 0.15) is 0 Å². The number of halogens is 5. The molecule has 0 aliphatic rings. The molecule has 0 aliphatic heterocycles. The highest BCUT2D eigenvalue weighted by Crippen LogP contribution is 2.26. The van der Waals surface area contributed by atoms with E-state index >= 15 is 0 Å². The number of nitriles is 1. The molecule has 0 saturated heterocycles. The summed E-state index contributed by atoms with van der Waals surface area (Å²) in [6, 6.07) is 1.51. The number of allylic oxidation sites excluding steroid dienone is 1. The van der Waals surface area contributed by atoms with E-state index in [2.05, 4.69) is 0 Å². The number of amides is 1. The van der Waals surface area contributed by atoms with Gasteiger partial charge in [0.05, 0.1) is 0 Å². The number of hydrogen-bond acceptors (Lipinski definition) is 2. The number of hydrogen-bond donors (Lipinski definition) is 1. The van der Waals surface area contributed by atoms with Gasteiger partial charge in [-0.2, -0.15) is 5.26 Å². The fourth-order valence-electron chi connectivity index (χ4n) is 0.302. The van der Waals surface area contributed by atoms with Gasteiger partial charge >= 0.3 is 0 Å². The highest BCUT2D eigenvalue weighted by atomic mass is 35.6. The zero-order valence-electron chi connectivity index (χ0n) is 5.75. The molecule has 0 aliphatic carbocycles. The first-order valence-corrected chi connectivity index (χ1v) is 4.51. The minimum absolute atomic E-state index is 0.375. The Morgan fingerprint density at radius 2 is 1.77 bits per heavy atom. The lowest BCUT2D eigenvalue weighted by atomic mass is 10.5. The van der Waals surface area contributed by atoms with Gasteiger partial charge in [-0.1, -0.05) is 58.0 Å². The van der Waals surface area contributed by atoms with Crippen LogP contribution in [0.4, 0.5) is 0 Å². The third-order valence-corrected chi connectivity index (χ3v) is 1.69. The highest BCUT2D eigenvalue weighted by Gasteiger charge is 2.31. The summed E-state index contributed by atoms with van der Waals surface area (Å²) < 4.78 is -2.57. The van der Waals surface area contributed by atoms with Crippen LogP contribution in [0, 0.1) is 11.3 Å². The quantitative estimate of drug-likeness (QED) is 0.594. The van der Waals surface area contributed by atoms with E-state index in [1.54, 1.807) is 0 Å². The molecule has 1 amide bonds. The Morgan fingerprint density at radius 3 is 2.00 bits per heavy atom. The van der Waals surface area contributed by atoms with Gasteiger partial charge in [-0.05, 0) is 0 Å². The average Bonchev–Trinajstić information content (AvgIpc) is 1.96. The molecular formula is C5HCl5N2O. The molecule has 0 aromatic rings. The smallest absolute Gasteiger partial charge is 0.277 e. The van der Waals surface area contributed by atoms with E-state index in [9.17, 15) is 4.79 Å². The van der Waals surface area contributed by atoms with E-state index in [1.165, 1.54) is 6.07 Å². The number of carbonyl (C=O) groups excluding carboxylic acids is 1. The molecule has 0 radical (unpaired) electrons. The normalized spacial score (nSPS) is 10.2. The van der Waals surface area contributed by atoms with E-state index < -0.39 is 14.2 Å². The molecule has 0 unspecified atom stereocenters. The zero-order chi connectivity index (χ0) is 10.6. The van der Waals surface area contributed by atoms with Crippen molar-refractivity contribution < 1.29 is 4.79 Å². The number of carbonyl (C=O) groups is 1. The van der Waals surface area contributed by atoms with Crippen LogP contribution in [0.3, 0.4) is 0 Å². The van der Waals surface area contributed by atoms with Crippen LogP contribution in [0.25, 0.3) is 0 Å². The molecule has 13 heavy (non-hydrogen) atoms. The van der Waals surface area contributed by atoms with Gasteiger partial charge in [-0.15, -0.1) is 0 Å². The lowest BCUT2D eigenvalue weighted by Crippen LogP contribution is -2.33. The summed E-state index contributed by atoms with van der Waals surface area (Å²) in [4.78, 5) is 10.9. The Morgan fingerprint density at radius 1 is 1.31 bits per heavy atom. The Hall–Kier alpha value is 0.150. The molecule has 1 N–H and O–H groups in total. The number of nitrogens with zero attached hydrogens (tertiary/aromatic N) is 1. The monoisotopic (exact) mass is 280 g/mol. The summed E-state index contributed by atoms with van der Waals surface area (Å²) in [6.45, 7) is 0. The minimum Gasteiger partial charge on any atom is -0.312 e. The first kappa shape index (κ1) is 13.2. The predicted octanol–water partition coefficient (Wildman–Crippen LogP) is 2.64. The minimum atomic E-state index is -2.16. The standard InChI is InChI=1S/C5HCl5N2O/c6-3(7)2(1-11)12-4(13)5(8,9)10/h(H,12,13). The zero-order valence-corrected chi connectivity index (χ0v) is 9.52. The molecule has 0 heterocycles. The van der Waals surface area contributed by atoms with Crippen molar-refractivity contribution in [2.75, 3.05) is 0 Å². The van der Waals surface area contributed by atoms with Gasteiger partial charge in [0.15, 0.2) is 5.70 Å². The first-order valence-electron chi connectivity index (χ1n) is 2.62. The number of alkyl halides is 3. The van der Waals surface area contributed by atoms with Gasteiger partial charge in [0, 0.05) is 0 Å². The van der Waals surface area contributed by atoms with Crippen molar-refractivity contribution in [3.8, 4) is 6.07 Å². The molecule has 0 aromatic carbocycles. The Labute approximate surface area is 99.1 Å². The molecule has 0 spiro atoms. The topological polar surface area (TPSA) is 52.9 Å². The van der Waals surface area contributed by atoms with Crippen LogP contribution in [-0.2, 0) is 4.79 Å². The van der Waals surface area contributed by atoms with Crippen LogP contribution in [0.5, 0.6) is 0 Å². The van der Waals surface area contributed by atoms with Crippen molar-refractivity contribution in [2.24, 2.45) is 0 Å². The van der Waals surface area contributed by atoms with Crippen LogP contribution in [0.2, 0.25) is 0 Å². The fourth-order valence-corrected chi connectivity index (χ4v) is 0.623. The van der Waals surface area contributed by atoms with Crippen LogP contribution >= 0.6 is 58.0 Å². The van der Waals surface area contributed by atoms with Crippen molar-refractivity contribution in [1.82, 2.24) is 5.32 Å². The van der Waals surface area contributed by atoms with Crippen LogP contribution in [-0.4, -0.2) is 9.70 Å². The van der Waals surface area contributed by atoms with Gasteiger partial charge in [-0.3, -0.25) is 4.79 Å². The van der Waals surface area contributed by atoms with Gasteiger partial charge < -0.3 is 5.32 Å². The molecule has 0 saturated carbocycles. The Bertz CT molecular complexity index is 282. The van der Waals surface area contributed by atoms with E-state index in [0.717, 1.165) is 0 Å². The number of nitrogens with one attached hydrogen (secondary N) is 1. The van der Waals surface area contributed by atoms with E-state index in [4.69, 9.17) is 63.3 Å². The maximum Gasteiger partial charge on any atom is 0.277 e. The SMILES string of the molecule is N#CC(NC(=O)C(Cl)(Cl)Cl)=C(Cl)Cl. The van der Waals surface area contributed by atoms with Crippen molar-refractivity contribution in [3.63, 3.8) is 0 Å². The second kappa shape index (κ2) is 5.14. The predicted molar refractivity (Wildman–Crippen MR) is 52.8 cm³/mol. The van der Waals surface area contributed by atoms with E-state index in [-0.39, 0.29) is 5.70 Å². The average molecular weight is 282 g/mol. The fraction of sp³-hybridized carbons (Fsp3) is 0.200. The highest BCUT2D eigenvalue weighted by molar-refractivity contribution is 6.76. The van der Waals surface area contributed by atoms with Gasteiger partial charge in [-0.25, -0.2) is 0 Å². The summed E-state index contributed by atoms with van der Waals surface area (Å²) in [6.07, 6.45) is 0. The summed E-state index contributed by atoms with van der Waals surface area (Å²) in [5, 5.41) is 10.3. The third kappa shape index (κ3) is 4.80. The lowest BCUT2D eigenvalue weighted by molar-refractivity contribution is -0.119. The second-order valence-corrected chi connectivity index (χ2v) is 4.93. The second-order valence-electron chi connectivity index (χ2n) is 1.70. The molecule has 0 atom stereocenters. The summed E-state index contributed by atoms with van der Waals surface area (Å²) in [7, 11) is 0. The molecule has 0 rings (SSSR count). The Kier molecular flexibility index (Phi) is 5.19. The molecule has 72 valence electrons. The summed E-state index contributed by atoms with van der Waals surface area (Å²) in [5.41, 5.74) is -0.375. The third-order valence-electron chi connectivity index (χ3n) is 0.797. The van der Waals surface area contributed by atoms with Crippen molar-refractivity contribution in [3.05, 3.63) is 10.2 Å².